The molecule has 27 heavy (non-hydrogen) atoms. The number of amides is 1. The Bertz CT molecular complexity index is 759. The summed E-state index contributed by atoms with van der Waals surface area (Å²) in [6.45, 7) is 3.76. The fraction of sp³-hybridized carbons (Fsp3) is 0.450. The van der Waals surface area contributed by atoms with Crippen molar-refractivity contribution in [1.82, 2.24) is 5.32 Å². The van der Waals surface area contributed by atoms with Crippen LogP contribution >= 0.6 is 11.3 Å². The minimum absolute atomic E-state index is 0.0530. The molecule has 144 valence electrons. The molecule has 1 saturated heterocycles. The van der Waals surface area contributed by atoms with Gasteiger partial charge in [0.2, 0.25) is 6.79 Å². The fourth-order valence-corrected chi connectivity index (χ4v) is 4.31. The molecule has 0 bridgehead atoms. The van der Waals surface area contributed by atoms with E-state index in [9.17, 15) is 4.79 Å². The minimum atomic E-state index is 0.0530. The van der Waals surface area contributed by atoms with E-state index in [0.29, 0.717) is 13.1 Å². The van der Waals surface area contributed by atoms with Crippen molar-refractivity contribution in [3.63, 3.8) is 0 Å². The summed E-state index contributed by atoms with van der Waals surface area (Å²) in [5.74, 6) is 1.55. The van der Waals surface area contributed by atoms with E-state index in [2.05, 4.69) is 22.8 Å². The molecule has 7 heteroatoms. The van der Waals surface area contributed by atoms with Gasteiger partial charge in [-0.05, 0) is 42.0 Å². The minimum Gasteiger partial charge on any atom is -0.454 e. The van der Waals surface area contributed by atoms with Crippen LogP contribution in [0.15, 0.2) is 35.7 Å². The molecule has 6 nitrogen and oxygen atoms in total. The highest BCUT2D eigenvalue weighted by molar-refractivity contribution is 7.09. The van der Waals surface area contributed by atoms with E-state index in [4.69, 9.17) is 14.2 Å². The summed E-state index contributed by atoms with van der Waals surface area (Å²) in [4.78, 5) is 15.1. The Labute approximate surface area is 163 Å². The molecule has 0 saturated carbocycles. The summed E-state index contributed by atoms with van der Waals surface area (Å²) in [5, 5.41) is 5.11. The maximum atomic E-state index is 12.5. The molecule has 2 aliphatic rings. The van der Waals surface area contributed by atoms with Gasteiger partial charge >= 0.3 is 0 Å². The molecule has 0 radical (unpaired) electrons. The number of carbonyl (C=O) groups is 1. The third kappa shape index (κ3) is 5.00. The highest BCUT2D eigenvalue weighted by Gasteiger charge is 2.24. The van der Waals surface area contributed by atoms with Crippen LogP contribution in [0.4, 0.5) is 0 Å². The zero-order valence-corrected chi connectivity index (χ0v) is 16.1. The van der Waals surface area contributed by atoms with Crippen LogP contribution in [0, 0.1) is 0 Å². The number of quaternary nitrogens is 1. The van der Waals surface area contributed by atoms with Gasteiger partial charge < -0.3 is 24.4 Å². The molecule has 2 N–H and O–H groups in total. The van der Waals surface area contributed by atoms with E-state index in [1.165, 1.54) is 9.78 Å². The summed E-state index contributed by atoms with van der Waals surface area (Å²) in [6.07, 6.45) is 2.47. The second-order valence-corrected chi connectivity index (χ2v) is 8.02. The highest BCUT2D eigenvalue weighted by Crippen LogP contribution is 2.32. The van der Waals surface area contributed by atoms with Crippen molar-refractivity contribution in [3.8, 4) is 11.5 Å². The molecule has 0 spiro atoms. The number of carbonyl (C=O) groups excluding carboxylic acids is 1. The van der Waals surface area contributed by atoms with E-state index >= 15 is 0 Å². The van der Waals surface area contributed by atoms with Crippen LogP contribution in [-0.2, 0) is 22.6 Å². The van der Waals surface area contributed by atoms with Crippen LogP contribution in [0.25, 0.3) is 0 Å². The van der Waals surface area contributed by atoms with Crippen LogP contribution in [0.5, 0.6) is 11.5 Å². The molecule has 1 amide bonds. The highest BCUT2D eigenvalue weighted by atomic mass is 32.1. The lowest BCUT2D eigenvalue weighted by molar-refractivity contribution is -0.908. The number of rotatable bonds is 8. The molecule has 1 aromatic carbocycles. The Hall–Kier alpha value is -2.09. The number of nitrogens with one attached hydrogen (secondary N) is 2. The Morgan fingerprint density at radius 2 is 2.19 bits per heavy atom. The SMILES string of the molecule is O=C(C[NH+](Cc1cccs1)C[C@H]1CCCO1)NCc1ccc2c(c1)OCO2. The van der Waals surface area contributed by atoms with Crippen LogP contribution in [0.2, 0.25) is 0 Å². The topological polar surface area (TPSA) is 61.2 Å². The molecule has 1 fully saturated rings. The van der Waals surface area contributed by atoms with Gasteiger partial charge in [-0.2, -0.15) is 0 Å². The molecule has 1 unspecified atom stereocenters. The normalized spacial score (nSPS) is 19.2. The second kappa shape index (κ2) is 8.73. The van der Waals surface area contributed by atoms with E-state index in [1.807, 2.05) is 18.2 Å². The number of fused-ring (bicyclic) bond motifs is 1. The number of benzene rings is 1. The predicted octanol–water partition coefficient (Wildman–Crippen LogP) is 1.36. The van der Waals surface area contributed by atoms with E-state index in [1.54, 1.807) is 11.3 Å². The zero-order valence-electron chi connectivity index (χ0n) is 15.2. The molecule has 2 atom stereocenters. The van der Waals surface area contributed by atoms with Gasteiger partial charge in [-0.15, -0.1) is 11.3 Å². The Balaban J connectivity index is 1.31. The number of ether oxygens (including phenoxy) is 3. The first kappa shape index (κ1) is 18.3. The summed E-state index contributed by atoms with van der Waals surface area (Å²) < 4.78 is 16.5. The van der Waals surface area contributed by atoms with Crippen LogP contribution in [0.1, 0.15) is 23.3 Å². The third-order valence-corrected chi connectivity index (χ3v) is 5.76. The predicted molar refractivity (Wildman–Crippen MR) is 102 cm³/mol. The smallest absolute Gasteiger partial charge is 0.275 e. The maximum absolute atomic E-state index is 12.5. The lowest BCUT2D eigenvalue weighted by atomic mass is 10.2. The van der Waals surface area contributed by atoms with E-state index in [0.717, 1.165) is 49.6 Å². The molecule has 2 aromatic rings. The second-order valence-electron chi connectivity index (χ2n) is 6.99. The molecule has 1 aromatic heterocycles. The monoisotopic (exact) mass is 389 g/mol. The van der Waals surface area contributed by atoms with Gasteiger partial charge in [0.1, 0.15) is 19.2 Å². The summed E-state index contributed by atoms with van der Waals surface area (Å²) in [5.41, 5.74) is 1.01. The maximum Gasteiger partial charge on any atom is 0.275 e. The van der Waals surface area contributed by atoms with Crippen molar-refractivity contribution < 1.29 is 23.9 Å². The average molecular weight is 389 g/mol. The summed E-state index contributed by atoms with van der Waals surface area (Å²) in [7, 11) is 0. The average Bonchev–Trinajstić information content (AvgIpc) is 3.42. The first-order valence-corrected chi connectivity index (χ1v) is 10.3. The van der Waals surface area contributed by atoms with Gasteiger partial charge in [0.15, 0.2) is 18.0 Å². The zero-order chi connectivity index (χ0) is 18.5. The van der Waals surface area contributed by atoms with E-state index < -0.39 is 0 Å². The number of hydrogen-bond acceptors (Lipinski definition) is 5. The van der Waals surface area contributed by atoms with Crippen molar-refractivity contribution in [2.45, 2.75) is 32.0 Å². The van der Waals surface area contributed by atoms with E-state index in [-0.39, 0.29) is 18.8 Å². The van der Waals surface area contributed by atoms with Crippen molar-refractivity contribution in [2.75, 3.05) is 26.5 Å². The lowest BCUT2D eigenvalue weighted by Crippen LogP contribution is -3.13. The Morgan fingerprint density at radius 1 is 1.26 bits per heavy atom. The molecular weight excluding hydrogens is 364 g/mol. The quantitative estimate of drug-likeness (QED) is 0.716. The molecule has 4 rings (SSSR count). The summed E-state index contributed by atoms with van der Waals surface area (Å²) in [6, 6.07) is 9.95. The van der Waals surface area contributed by atoms with Gasteiger partial charge in [0, 0.05) is 13.2 Å². The number of thiophene rings is 1. The van der Waals surface area contributed by atoms with Crippen molar-refractivity contribution in [3.05, 3.63) is 46.2 Å². The van der Waals surface area contributed by atoms with Gasteiger partial charge in [-0.25, -0.2) is 0 Å². The standard InChI is InChI=1S/C20H24N2O4S/c23-20(21-10-15-5-6-18-19(9-15)26-14-25-18)13-22(11-16-3-1-7-24-16)12-17-4-2-8-27-17/h2,4-6,8-9,16H,1,3,7,10-14H2,(H,21,23)/p+1/t16-/m1/s1. The Kier molecular flexibility index (Phi) is 5.91. The Morgan fingerprint density at radius 3 is 3.00 bits per heavy atom. The first-order chi connectivity index (χ1) is 13.3. The van der Waals surface area contributed by atoms with Crippen molar-refractivity contribution in [1.29, 1.82) is 0 Å². The largest absolute Gasteiger partial charge is 0.454 e. The molecular formula is C20H25N2O4S+. The molecule has 3 heterocycles. The van der Waals surface area contributed by atoms with Crippen LogP contribution in [0.3, 0.4) is 0 Å². The lowest BCUT2D eigenvalue weighted by Gasteiger charge is -2.21. The summed E-state index contributed by atoms with van der Waals surface area (Å²) >= 11 is 1.74. The first-order valence-electron chi connectivity index (χ1n) is 9.39. The van der Waals surface area contributed by atoms with Crippen molar-refractivity contribution in [2.24, 2.45) is 0 Å². The van der Waals surface area contributed by atoms with Crippen molar-refractivity contribution >= 4 is 17.2 Å². The van der Waals surface area contributed by atoms with Crippen LogP contribution < -0.4 is 19.7 Å². The van der Waals surface area contributed by atoms with Gasteiger partial charge in [-0.3, -0.25) is 4.79 Å². The fourth-order valence-electron chi connectivity index (χ4n) is 3.53. The van der Waals surface area contributed by atoms with Gasteiger partial charge in [-0.1, -0.05) is 12.1 Å². The third-order valence-electron chi connectivity index (χ3n) is 4.88. The number of hydrogen-bond donors (Lipinski definition) is 2. The van der Waals surface area contributed by atoms with Crippen LogP contribution in [-0.4, -0.2) is 38.5 Å². The molecule has 0 aliphatic carbocycles. The van der Waals surface area contributed by atoms with Gasteiger partial charge in [0.05, 0.1) is 4.88 Å². The molecule has 2 aliphatic heterocycles. The van der Waals surface area contributed by atoms with Gasteiger partial charge in [0.25, 0.3) is 5.91 Å².